The maximum Gasteiger partial charge on any atom is 0.316 e. The number of methoxy groups -OCH3 is 1. The first-order chi connectivity index (χ1) is 24.2. The van der Waals surface area contributed by atoms with Gasteiger partial charge in [-0.15, -0.1) is 0 Å². The van der Waals surface area contributed by atoms with Crippen LogP contribution in [0.1, 0.15) is 74.1 Å². The molecule has 284 valence electrons. The lowest BCUT2D eigenvalue weighted by Gasteiger charge is -2.48. The summed E-state index contributed by atoms with van der Waals surface area (Å²) in [6.45, 7) is 14.0. The van der Waals surface area contributed by atoms with E-state index in [1.807, 2.05) is 39.0 Å². The van der Waals surface area contributed by atoms with Crippen LogP contribution >= 0.6 is 0 Å². The number of carbonyl (C=O) groups excluding carboxylic acids is 1. The molecule has 0 saturated carbocycles. The van der Waals surface area contributed by atoms with Crippen molar-refractivity contribution in [3.8, 4) is 0 Å². The molecule has 15 atom stereocenters. The third kappa shape index (κ3) is 7.61. The standard InChI is InChI=1S/C40H58O11/c1-21(2)35-24(5)14-15-39(51-35)19-29-17-28(50-39)13-12-23(4)36(49-32-18-31(45-8)34(42)26(7)47-32)22(3)10-9-11-27-20-46-37-33(41)25(6)16-30(38(43)48-29)40(27,37)44/h9-12,14-16,21-22,24,26,28-37,41-42,44H,13,17-20H2,1-8H3/b10-9+,23-12+,27-11+/t22-,24-,26-,28+,29-,30-,31-,32?,33+,34-,35+,36-,37+,39+,40+/m0/s1. The SMILES string of the molecule is CO[C@H]1CC(O[C@@H]2/C(C)=C/C[C@@H]3C[C@@H](C[C@]4(C=C[C@H](C)[C@@H](C(C)C)O4)O3)OC(=O)[C@@H]3C=C(C)[C@@H](O)[C@H]4OC/C(=C\C=C\[C@@H]2C)[C@]43O)O[C@@H](C)[C@@H]1O. The van der Waals surface area contributed by atoms with Gasteiger partial charge in [0.2, 0.25) is 0 Å². The van der Waals surface area contributed by atoms with Crippen molar-refractivity contribution in [2.75, 3.05) is 13.7 Å². The molecule has 51 heavy (non-hydrogen) atoms. The van der Waals surface area contributed by atoms with E-state index in [4.69, 9.17) is 33.2 Å². The van der Waals surface area contributed by atoms with Gasteiger partial charge in [0.1, 0.15) is 35.9 Å². The fourth-order valence-electron chi connectivity index (χ4n) is 8.75. The highest BCUT2D eigenvalue weighted by molar-refractivity contribution is 5.78. The number of hydrogen-bond donors (Lipinski definition) is 3. The Labute approximate surface area is 302 Å². The second kappa shape index (κ2) is 15.3. The molecule has 11 nitrogen and oxygen atoms in total. The van der Waals surface area contributed by atoms with E-state index in [2.05, 4.69) is 32.9 Å². The fourth-order valence-corrected chi connectivity index (χ4v) is 8.75. The number of esters is 1. The number of ether oxygens (including phenoxy) is 7. The van der Waals surface area contributed by atoms with Crippen LogP contribution < -0.4 is 0 Å². The zero-order valence-electron chi connectivity index (χ0n) is 31.3. The molecule has 0 aromatic carbocycles. The maximum absolute atomic E-state index is 14.2. The second-order valence-corrected chi connectivity index (χ2v) is 15.9. The Hall–Kier alpha value is -2.19. The third-order valence-corrected chi connectivity index (χ3v) is 11.7. The van der Waals surface area contributed by atoms with Crippen molar-refractivity contribution in [3.63, 3.8) is 0 Å². The molecule has 5 heterocycles. The molecule has 0 radical (unpaired) electrons. The van der Waals surface area contributed by atoms with Gasteiger partial charge in [0.25, 0.3) is 0 Å². The Morgan fingerprint density at radius 2 is 1.76 bits per heavy atom. The van der Waals surface area contributed by atoms with Crippen molar-refractivity contribution >= 4 is 5.97 Å². The van der Waals surface area contributed by atoms with Gasteiger partial charge in [0, 0.05) is 38.2 Å². The third-order valence-electron chi connectivity index (χ3n) is 11.7. The van der Waals surface area contributed by atoms with Crippen LogP contribution in [0.4, 0.5) is 0 Å². The van der Waals surface area contributed by atoms with E-state index in [1.54, 1.807) is 26.2 Å². The van der Waals surface area contributed by atoms with E-state index >= 15 is 0 Å². The molecule has 0 amide bonds. The Morgan fingerprint density at radius 3 is 2.49 bits per heavy atom. The molecule has 6 rings (SSSR count). The number of allylic oxidation sites excluding steroid dienone is 2. The summed E-state index contributed by atoms with van der Waals surface area (Å²) in [5.41, 5.74) is 0.180. The van der Waals surface area contributed by atoms with Crippen LogP contribution in [0.15, 0.2) is 59.3 Å². The van der Waals surface area contributed by atoms with Gasteiger partial charge < -0.3 is 48.5 Å². The molecule has 3 N–H and O–H groups in total. The van der Waals surface area contributed by atoms with Gasteiger partial charge in [-0.05, 0) is 55.9 Å². The Balaban J connectivity index is 1.38. The molecule has 0 aromatic rings. The van der Waals surface area contributed by atoms with E-state index in [-0.39, 0.29) is 36.6 Å². The minimum Gasteiger partial charge on any atom is -0.462 e. The topological polar surface area (TPSA) is 142 Å². The summed E-state index contributed by atoms with van der Waals surface area (Å²) in [5.74, 6) is -2.50. The second-order valence-electron chi connectivity index (χ2n) is 15.9. The van der Waals surface area contributed by atoms with Crippen molar-refractivity contribution in [1.82, 2.24) is 0 Å². The lowest BCUT2D eigenvalue weighted by Crippen LogP contribution is -2.58. The first-order valence-corrected chi connectivity index (χ1v) is 18.7. The summed E-state index contributed by atoms with van der Waals surface area (Å²) in [5, 5.41) is 34.0. The molecule has 1 aliphatic carbocycles. The molecule has 1 spiro atoms. The van der Waals surface area contributed by atoms with Crippen LogP contribution in [0.5, 0.6) is 0 Å². The summed E-state index contributed by atoms with van der Waals surface area (Å²) in [6, 6.07) is 0. The van der Waals surface area contributed by atoms with Gasteiger partial charge in [0.15, 0.2) is 12.1 Å². The molecule has 0 aromatic heterocycles. The average Bonchev–Trinajstić information content (AvgIpc) is 3.42. The van der Waals surface area contributed by atoms with Crippen molar-refractivity contribution < 1.29 is 53.3 Å². The van der Waals surface area contributed by atoms with Crippen LogP contribution in [0.25, 0.3) is 0 Å². The Morgan fingerprint density at radius 1 is 1.00 bits per heavy atom. The van der Waals surface area contributed by atoms with Gasteiger partial charge in [-0.1, -0.05) is 64.2 Å². The molecular formula is C40H58O11. The first-order valence-electron chi connectivity index (χ1n) is 18.7. The van der Waals surface area contributed by atoms with Gasteiger partial charge in [0.05, 0.1) is 37.1 Å². The maximum atomic E-state index is 14.2. The van der Waals surface area contributed by atoms with Crippen molar-refractivity contribution in [2.24, 2.45) is 23.7 Å². The number of hydrogen-bond acceptors (Lipinski definition) is 11. The van der Waals surface area contributed by atoms with Crippen molar-refractivity contribution in [2.45, 2.75) is 147 Å². The first kappa shape index (κ1) is 38.5. The average molecular weight is 715 g/mol. The number of aliphatic hydroxyl groups excluding tert-OH is 2. The summed E-state index contributed by atoms with van der Waals surface area (Å²) in [7, 11) is 1.58. The van der Waals surface area contributed by atoms with Gasteiger partial charge >= 0.3 is 5.97 Å². The summed E-state index contributed by atoms with van der Waals surface area (Å²) >= 11 is 0. The van der Waals surface area contributed by atoms with Crippen LogP contribution in [0.2, 0.25) is 0 Å². The number of rotatable bonds is 4. The summed E-state index contributed by atoms with van der Waals surface area (Å²) in [6.07, 6.45) is 9.22. The van der Waals surface area contributed by atoms with E-state index in [9.17, 15) is 20.1 Å². The highest BCUT2D eigenvalue weighted by Gasteiger charge is 2.60. The fraction of sp³-hybridized carbons (Fsp3) is 0.725. The summed E-state index contributed by atoms with van der Waals surface area (Å²) in [4.78, 5) is 14.2. The van der Waals surface area contributed by atoms with Crippen LogP contribution in [0.3, 0.4) is 0 Å². The zero-order chi connectivity index (χ0) is 36.8. The zero-order valence-corrected chi connectivity index (χ0v) is 31.3. The molecule has 3 fully saturated rings. The van der Waals surface area contributed by atoms with E-state index in [0.717, 1.165) is 5.57 Å². The van der Waals surface area contributed by atoms with E-state index in [0.29, 0.717) is 36.8 Å². The van der Waals surface area contributed by atoms with Crippen LogP contribution in [0, 0.1) is 23.7 Å². The normalized spacial score (nSPS) is 49.0. The molecule has 6 aliphatic rings. The van der Waals surface area contributed by atoms with Gasteiger partial charge in [-0.2, -0.15) is 0 Å². The van der Waals surface area contributed by atoms with Gasteiger partial charge in [-0.3, -0.25) is 4.79 Å². The van der Waals surface area contributed by atoms with E-state index in [1.165, 1.54) is 0 Å². The molecular weight excluding hydrogens is 656 g/mol. The van der Waals surface area contributed by atoms with Crippen molar-refractivity contribution in [3.05, 3.63) is 59.3 Å². The van der Waals surface area contributed by atoms with E-state index < -0.39 is 72.3 Å². The Kier molecular flexibility index (Phi) is 11.5. The monoisotopic (exact) mass is 714 g/mol. The van der Waals surface area contributed by atoms with Gasteiger partial charge in [-0.25, -0.2) is 0 Å². The quantitative estimate of drug-likeness (QED) is 0.281. The van der Waals surface area contributed by atoms with Crippen LogP contribution in [-0.4, -0.2) is 108 Å². The van der Waals surface area contributed by atoms with Crippen molar-refractivity contribution in [1.29, 1.82) is 0 Å². The minimum atomic E-state index is -1.81. The molecule has 5 aliphatic heterocycles. The summed E-state index contributed by atoms with van der Waals surface area (Å²) < 4.78 is 44.1. The lowest BCUT2D eigenvalue weighted by molar-refractivity contribution is -0.299. The minimum absolute atomic E-state index is 0.0467. The largest absolute Gasteiger partial charge is 0.462 e. The lowest BCUT2D eigenvalue weighted by atomic mass is 9.71. The predicted octanol–water partition coefficient (Wildman–Crippen LogP) is 4.45. The highest BCUT2D eigenvalue weighted by Crippen LogP contribution is 2.47. The number of carbonyl (C=O) groups is 1. The molecule has 2 bridgehead atoms. The number of aliphatic hydroxyl groups is 3. The molecule has 3 saturated heterocycles. The highest BCUT2D eigenvalue weighted by atomic mass is 16.7. The number of fused-ring (bicyclic) bond motifs is 2. The molecule has 1 unspecified atom stereocenters. The predicted molar refractivity (Wildman–Crippen MR) is 188 cm³/mol. The molecule has 11 heteroatoms. The smallest absolute Gasteiger partial charge is 0.316 e. The Bertz CT molecular complexity index is 1430. The van der Waals surface area contributed by atoms with Crippen LogP contribution in [-0.2, 0) is 38.0 Å².